The third kappa shape index (κ3) is 5.11. The second kappa shape index (κ2) is 5.45. The number of aryl methyl sites for hydroxylation is 1. The van der Waals surface area contributed by atoms with Gasteiger partial charge < -0.3 is 8.74 Å². The summed E-state index contributed by atoms with van der Waals surface area (Å²) in [5, 5.41) is 0. The Morgan fingerprint density at radius 3 is 2.31 bits per heavy atom. The smallest absolute Gasteiger partial charge is 0.716 e. The number of rotatable bonds is 2. The van der Waals surface area contributed by atoms with Gasteiger partial charge >= 0.3 is 51.4 Å². The topological polar surface area (TPSA) is 66.4 Å². The molecule has 1 aromatic carbocycles. The Balaban J connectivity index is 0.00000144. The van der Waals surface area contributed by atoms with Gasteiger partial charge in [0, 0.05) is 0 Å². The fourth-order valence-corrected chi connectivity index (χ4v) is 1.17. The van der Waals surface area contributed by atoms with Crippen molar-refractivity contribution >= 4 is 10.4 Å². The molecule has 0 spiro atoms. The van der Waals surface area contributed by atoms with E-state index in [1.54, 1.807) is 25.1 Å². The fourth-order valence-electron chi connectivity index (χ4n) is 0.760. The molecule has 1 rings (SSSR count). The van der Waals surface area contributed by atoms with E-state index in [1.165, 1.54) is 6.07 Å². The molecule has 0 aliphatic rings. The van der Waals surface area contributed by atoms with E-state index < -0.39 is 10.4 Å². The Labute approximate surface area is 120 Å². The molecule has 0 radical (unpaired) electrons. The number of benzene rings is 1. The van der Waals surface area contributed by atoms with E-state index in [9.17, 15) is 13.0 Å². The standard InChI is InChI=1S/C7H8O4S.K/c1-6-4-2-3-5-7(6)11-12(8,9)10;/h2-5H,1H3,(H,8,9,10);/q;+1/p-1. The van der Waals surface area contributed by atoms with Crippen molar-refractivity contribution in [2.75, 3.05) is 0 Å². The minimum atomic E-state index is -4.65. The van der Waals surface area contributed by atoms with Gasteiger partial charge in [-0.05, 0) is 18.6 Å². The van der Waals surface area contributed by atoms with Crippen LogP contribution in [0.3, 0.4) is 0 Å². The molecule has 0 heterocycles. The van der Waals surface area contributed by atoms with Crippen LogP contribution in [0.5, 0.6) is 5.75 Å². The van der Waals surface area contributed by atoms with Crippen molar-refractivity contribution in [1.82, 2.24) is 0 Å². The van der Waals surface area contributed by atoms with Gasteiger partial charge in [0.25, 0.3) is 10.4 Å². The summed E-state index contributed by atoms with van der Waals surface area (Å²) in [6, 6.07) is 6.39. The average Bonchev–Trinajstić information content (AvgIpc) is 1.91. The summed E-state index contributed by atoms with van der Waals surface area (Å²) in [5.41, 5.74) is 0.608. The van der Waals surface area contributed by atoms with Crippen LogP contribution in [0.1, 0.15) is 5.56 Å². The van der Waals surface area contributed by atoms with Crippen molar-refractivity contribution in [3.8, 4) is 5.75 Å². The van der Waals surface area contributed by atoms with E-state index >= 15 is 0 Å². The second-order valence-corrected chi connectivity index (χ2v) is 3.24. The van der Waals surface area contributed by atoms with Crippen LogP contribution in [0, 0.1) is 6.92 Å². The molecular weight excluding hydrogens is 219 g/mol. The Bertz CT molecular complexity index is 374. The van der Waals surface area contributed by atoms with Gasteiger partial charge in [-0.15, -0.1) is 0 Å². The zero-order valence-electron chi connectivity index (χ0n) is 7.35. The number of para-hydroxylation sites is 1. The summed E-state index contributed by atoms with van der Waals surface area (Å²) in [5.74, 6) is 0.0764. The Morgan fingerprint density at radius 1 is 1.31 bits per heavy atom. The molecule has 0 saturated heterocycles. The van der Waals surface area contributed by atoms with Gasteiger partial charge in [-0.1, -0.05) is 18.2 Å². The van der Waals surface area contributed by atoms with Crippen molar-refractivity contribution in [3.05, 3.63) is 29.8 Å². The molecule has 0 aliphatic carbocycles. The zero-order valence-corrected chi connectivity index (χ0v) is 11.3. The number of hydrogen-bond acceptors (Lipinski definition) is 4. The van der Waals surface area contributed by atoms with Crippen LogP contribution in [0.2, 0.25) is 0 Å². The molecule has 0 unspecified atom stereocenters. The number of hydrogen-bond donors (Lipinski definition) is 0. The van der Waals surface area contributed by atoms with Gasteiger partial charge in [0.05, 0.1) is 0 Å². The molecule has 0 aromatic heterocycles. The summed E-state index contributed by atoms with van der Waals surface area (Å²) in [7, 11) is -4.65. The summed E-state index contributed by atoms with van der Waals surface area (Å²) in [6.07, 6.45) is 0. The van der Waals surface area contributed by atoms with E-state index in [4.69, 9.17) is 0 Å². The van der Waals surface area contributed by atoms with Crippen molar-refractivity contribution in [2.45, 2.75) is 6.92 Å². The molecule has 0 aliphatic heterocycles. The van der Waals surface area contributed by atoms with Crippen molar-refractivity contribution in [1.29, 1.82) is 0 Å². The molecule has 0 saturated carbocycles. The Kier molecular flexibility index (Phi) is 5.69. The summed E-state index contributed by atoms with van der Waals surface area (Å²) in [6.45, 7) is 1.65. The van der Waals surface area contributed by atoms with Crippen LogP contribution in [-0.4, -0.2) is 13.0 Å². The van der Waals surface area contributed by atoms with Gasteiger partial charge in [0.2, 0.25) is 0 Å². The predicted octanol–water partition coefficient (Wildman–Crippen LogP) is -2.16. The van der Waals surface area contributed by atoms with Gasteiger partial charge in [0.1, 0.15) is 5.75 Å². The first kappa shape index (κ1) is 13.6. The monoisotopic (exact) mass is 226 g/mol. The fraction of sp³-hybridized carbons (Fsp3) is 0.143. The van der Waals surface area contributed by atoms with Crippen LogP contribution in [-0.2, 0) is 10.4 Å². The van der Waals surface area contributed by atoms with Crippen LogP contribution in [0.25, 0.3) is 0 Å². The van der Waals surface area contributed by atoms with E-state index in [0.29, 0.717) is 5.56 Å². The SMILES string of the molecule is Cc1ccccc1OS(=O)(=O)[O-].[K+]. The van der Waals surface area contributed by atoms with Crippen LogP contribution < -0.4 is 55.6 Å². The molecule has 6 heteroatoms. The average molecular weight is 226 g/mol. The summed E-state index contributed by atoms with van der Waals surface area (Å²) < 4.78 is 34.7. The Hall–Kier alpha value is 0.566. The second-order valence-electron chi connectivity index (χ2n) is 2.26. The quantitative estimate of drug-likeness (QED) is 0.327. The molecule has 1 aromatic rings. The minimum absolute atomic E-state index is 0. The van der Waals surface area contributed by atoms with Crippen molar-refractivity contribution < 1.29 is 68.5 Å². The first-order valence-electron chi connectivity index (χ1n) is 3.20. The van der Waals surface area contributed by atoms with Crippen molar-refractivity contribution in [3.63, 3.8) is 0 Å². The largest absolute Gasteiger partial charge is 1.00 e. The minimum Gasteiger partial charge on any atom is -0.716 e. The van der Waals surface area contributed by atoms with Crippen LogP contribution >= 0.6 is 0 Å². The van der Waals surface area contributed by atoms with Gasteiger partial charge in [-0.3, -0.25) is 0 Å². The van der Waals surface area contributed by atoms with E-state index in [2.05, 4.69) is 4.18 Å². The van der Waals surface area contributed by atoms with Crippen LogP contribution in [0.15, 0.2) is 24.3 Å². The normalized spacial score (nSPS) is 10.3. The van der Waals surface area contributed by atoms with E-state index in [-0.39, 0.29) is 57.1 Å². The first-order chi connectivity index (χ1) is 5.49. The Morgan fingerprint density at radius 2 is 1.85 bits per heavy atom. The molecule has 0 atom stereocenters. The molecule has 0 bridgehead atoms. The van der Waals surface area contributed by atoms with Gasteiger partial charge in [-0.2, -0.15) is 0 Å². The molecule has 13 heavy (non-hydrogen) atoms. The molecule has 0 amide bonds. The maximum atomic E-state index is 10.2. The molecule has 0 N–H and O–H groups in total. The third-order valence-corrected chi connectivity index (χ3v) is 1.67. The maximum Gasteiger partial charge on any atom is 1.00 e. The third-order valence-electron chi connectivity index (χ3n) is 1.29. The molecular formula is C7H7KO4S. The van der Waals surface area contributed by atoms with Crippen molar-refractivity contribution in [2.24, 2.45) is 0 Å². The van der Waals surface area contributed by atoms with Gasteiger partial charge in [0.15, 0.2) is 0 Å². The summed E-state index contributed by atoms with van der Waals surface area (Å²) in [4.78, 5) is 0. The zero-order chi connectivity index (χ0) is 9.19. The molecule has 4 nitrogen and oxygen atoms in total. The predicted molar refractivity (Wildman–Crippen MR) is 41.5 cm³/mol. The van der Waals surface area contributed by atoms with Crippen LogP contribution in [0.4, 0.5) is 0 Å². The molecule has 66 valence electrons. The molecule has 0 fully saturated rings. The van der Waals surface area contributed by atoms with E-state index in [0.717, 1.165) is 0 Å². The maximum absolute atomic E-state index is 10.2. The van der Waals surface area contributed by atoms with E-state index in [1.807, 2.05) is 0 Å². The summed E-state index contributed by atoms with van der Waals surface area (Å²) >= 11 is 0. The van der Waals surface area contributed by atoms with Gasteiger partial charge in [-0.25, -0.2) is 8.42 Å². The first-order valence-corrected chi connectivity index (χ1v) is 4.53.